The number of halogens is 1. The van der Waals surface area contributed by atoms with Crippen molar-refractivity contribution in [1.82, 2.24) is 24.9 Å². The number of aryl methyl sites for hydroxylation is 2. The molecule has 33 heavy (non-hydrogen) atoms. The van der Waals surface area contributed by atoms with Gasteiger partial charge in [0.05, 0.1) is 12.2 Å². The number of hydrogen-bond donors (Lipinski definition) is 1. The van der Waals surface area contributed by atoms with Gasteiger partial charge in [-0.3, -0.25) is 9.48 Å². The molecule has 3 heterocycles. The van der Waals surface area contributed by atoms with Crippen LogP contribution >= 0.6 is 0 Å². The number of rotatable bonds is 7. The minimum Gasteiger partial charge on any atom is -0.385 e. The third kappa shape index (κ3) is 5.60. The number of methoxy groups -OCH3 is 1. The Morgan fingerprint density at radius 2 is 2.03 bits per heavy atom. The zero-order valence-electron chi connectivity index (χ0n) is 19.3. The number of hydrogen-bond acceptors (Lipinski definition) is 6. The summed E-state index contributed by atoms with van der Waals surface area (Å²) in [7, 11) is 1.68. The van der Waals surface area contributed by atoms with Crippen molar-refractivity contribution in [2.24, 2.45) is 4.99 Å². The monoisotopic (exact) mass is 454 g/mol. The molecule has 0 saturated carbocycles. The molecule has 2 aromatic rings. The molecule has 176 valence electrons. The number of carbonyl (C=O) groups excluding carboxylic acids is 1. The molecule has 2 aliphatic heterocycles. The third-order valence-electron chi connectivity index (χ3n) is 5.99. The first kappa shape index (κ1) is 23.0. The van der Waals surface area contributed by atoms with Crippen molar-refractivity contribution in [3.8, 4) is 11.3 Å². The lowest BCUT2D eigenvalue weighted by atomic mass is 10.1. The average molecular weight is 455 g/mol. The lowest BCUT2D eigenvalue weighted by molar-refractivity contribution is -0.133. The number of nitrogens with zero attached hydrogens (tertiary/aromatic N) is 5. The van der Waals surface area contributed by atoms with Gasteiger partial charge in [-0.25, -0.2) is 9.38 Å². The number of nitrogens with one attached hydrogen (secondary N) is 1. The Hall–Kier alpha value is -3.20. The largest absolute Gasteiger partial charge is 0.385 e. The van der Waals surface area contributed by atoms with E-state index in [-0.39, 0.29) is 18.3 Å². The van der Waals surface area contributed by atoms with E-state index in [2.05, 4.69) is 15.2 Å². The summed E-state index contributed by atoms with van der Waals surface area (Å²) in [6, 6.07) is 6.97. The van der Waals surface area contributed by atoms with Gasteiger partial charge in [0.2, 0.25) is 5.91 Å². The predicted octanol–water partition coefficient (Wildman–Crippen LogP) is 2.19. The van der Waals surface area contributed by atoms with Crippen molar-refractivity contribution in [3.63, 3.8) is 0 Å². The van der Waals surface area contributed by atoms with E-state index in [0.717, 1.165) is 48.8 Å². The molecule has 1 aromatic heterocycles. The molecule has 0 spiro atoms. The van der Waals surface area contributed by atoms with Gasteiger partial charge in [-0.2, -0.15) is 5.10 Å². The summed E-state index contributed by atoms with van der Waals surface area (Å²) < 4.78 is 20.7. The first-order valence-electron chi connectivity index (χ1n) is 11.4. The molecule has 1 saturated heterocycles. The quantitative estimate of drug-likeness (QED) is 0.650. The Morgan fingerprint density at radius 1 is 1.21 bits per heavy atom. The van der Waals surface area contributed by atoms with Crippen LogP contribution in [0.2, 0.25) is 0 Å². The number of carbonyl (C=O) groups is 1. The van der Waals surface area contributed by atoms with Crippen LogP contribution in [-0.4, -0.2) is 77.9 Å². The van der Waals surface area contributed by atoms with Crippen LogP contribution in [0.1, 0.15) is 17.7 Å². The van der Waals surface area contributed by atoms with Crippen LogP contribution in [0.3, 0.4) is 0 Å². The maximum Gasteiger partial charge on any atom is 0.244 e. The predicted molar refractivity (Wildman–Crippen MR) is 125 cm³/mol. The van der Waals surface area contributed by atoms with Gasteiger partial charge in [-0.05, 0) is 55.7 Å². The Morgan fingerprint density at radius 3 is 2.73 bits per heavy atom. The van der Waals surface area contributed by atoms with Gasteiger partial charge < -0.3 is 19.9 Å². The highest BCUT2D eigenvalue weighted by atomic mass is 19.1. The van der Waals surface area contributed by atoms with Crippen LogP contribution in [0.25, 0.3) is 11.3 Å². The molecule has 9 heteroatoms. The van der Waals surface area contributed by atoms with Crippen molar-refractivity contribution in [2.45, 2.75) is 26.3 Å². The van der Waals surface area contributed by atoms with E-state index in [1.165, 1.54) is 6.07 Å². The highest BCUT2D eigenvalue weighted by Crippen LogP contribution is 2.23. The second-order valence-corrected chi connectivity index (χ2v) is 8.32. The number of benzene rings is 1. The Balaban J connectivity index is 1.44. The fourth-order valence-corrected chi connectivity index (χ4v) is 4.09. The minimum atomic E-state index is -0.238. The summed E-state index contributed by atoms with van der Waals surface area (Å²) in [5, 5.41) is 7.89. The number of aliphatic imine (C=N–C) groups is 1. The van der Waals surface area contributed by atoms with E-state index in [4.69, 9.17) is 9.84 Å². The lowest BCUT2D eigenvalue weighted by Crippen LogP contribution is -2.54. The van der Waals surface area contributed by atoms with Crippen LogP contribution in [0.5, 0.6) is 0 Å². The zero-order chi connectivity index (χ0) is 23.2. The number of ether oxygens (including phenoxy) is 1. The van der Waals surface area contributed by atoms with Crippen LogP contribution in [-0.2, 0) is 22.5 Å². The highest BCUT2D eigenvalue weighted by Gasteiger charge is 2.24. The van der Waals surface area contributed by atoms with E-state index in [9.17, 15) is 9.18 Å². The first-order chi connectivity index (χ1) is 16.0. The molecule has 1 amide bonds. The molecule has 0 atom stereocenters. The molecule has 0 radical (unpaired) electrons. The Labute approximate surface area is 193 Å². The number of guanidine groups is 1. The summed E-state index contributed by atoms with van der Waals surface area (Å²) >= 11 is 0. The SMILES string of the molecule is COCCCc1cc(-c2ccc(F)c(C)c2)nn1CC(=O)N1CCN(C2=NCC=CN2)CC1. The topological polar surface area (TPSA) is 75.0 Å². The summed E-state index contributed by atoms with van der Waals surface area (Å²) in [5.74, 6) is 0.681. The van der Waals surface area contributed by atoms with Gasteiger partial charge in [0.15, 0.2) is 5.96 Å². The average Bonchev–Trinajstić information content (AvgIpc) is 3.24. The Bertz CT molecular complexity index is 1040. The van der Waals surface area contributed by atoms with E-state index < -0.39 is 0 Å². The first-order valence-corrected chi connectivity index (χ1v) is 11.4. The molecule has 0 unspecified atom stereocenters. The van der Waals surface area contributed by atoms with Crippen molar-refractivity contribution in [3.05, 3.63) is 53.6 Å². The van der Waals surface area contributed by atoms with Crippen LogP contribution < -0.4 is 5.32 Å². The van der Waals surface area contributed by atoms with Crippen molar-refractivity contribution in [1.29, 1.82) is 0 Å². The molecule has 1 N–H and O–H groups in total. The third-order valence-corrected chi connectivity index (χ3v) is 5.99. The fourth-order valence-electron chi connectivity index (χ4n) is 4.09. The smallest absolute Gasteiger partial charge is 0.244 e. The van der Waals surface area contributed by atoms with Crippen LogP contribution in [0, 0.1) is 12.7 Å². The molecule has 1 fully saturated rings. The second kappa shape index (κ2) is 10.6. The molecule has 0 bridgehead atoms. The minimum absolute atomic E-state index is 0.0472. The van der Waals surface area contributed by atoms with E-state index in [1.54, 1.807) is 30.8 Å². The molecule has 4 rings (SSSR count). The van der Waals surface area contributed by atoms with Gasteiger partial charge >= 0.3 is 0 Å². The van der Waals surface area contributed by atoms with Gasteiger partial charge in [-0.1, -0.05) is 0 Å². The van der Waals surface area contributed by atoms with Crippen LogP contribution in [0.15, 0.2) is 41.5 Å². The number of piperazine rings is 1. The highest BCUT2D eigenvalue weighted by molar-refractivity contribution is 5.82. The molecule has 1 aromatic carbocycles. The summed E-state index contributed by atoms with van der Waals surface area (Å²) in [6.45, 7) is 6.02. The van der Waals surface area contributed by atoms with Gasteiger partial charge in [0.1, 0.15) is 12.4 Å². The Kier molecular flexibility index (Phi) is 7.39. The lowest BCUT2D eigenvalue weighted by Gasteiger charge is -2.36. The van der Waals surface area contributed by atoms with Gasteiger partial charge in [0, 0.05) is 57.4 Å². The fraction of sp³-hybridized carbons (Fsp3) is 0.458. The molecule has 2 aliphatic rings. The van der Waals surface area contributed by atoms with Crippen molar-refractivity contribution >= 4 is 11.9 Å². The summed E-state index contributed by atoms with van der Waals surface area (Å²) in [4.78, 5) is 21.6. The maximum absolute atomic E-state index is 13.7. The summed E-state index contributed by atoms with van der Waals surface area (Å²) in [6.07, 6.45) is 5.46. The van der Waals surface area contributed by atoms with Crippen LogP contribution in [0.4, 0.5) is 4.39 Å². The van der Waals surface area contributed by atoms with Crippen molar-refractivity contribution in [2.75, 3.05) is 46.4 Å². The maximum atomic E-state index is 13.7. The van der Waals surface area contributed by atoms with E-state index in [1.807, 2.05) is 23.2 Å². The molecule has 8 nitrogen and oxygen atoms in total. The normalized spacial score (nSPS) is 16.0. The molecular formula is C24H31FN6O2. The zero-order valence-corrected chi connectivity index (χ0v) is 19.3. The summed E-state index contributed by atoms with van der Waals surface area (Å²) in [5.41, 5.74) is 3.14. The van der Waals surface area contributed by atoms with Gasteiger partial charge in [0.25, 0.3) is 0 Å². The molecule has 0 aliphatic carbocycles. The standard InChI is InChI=1S/C24H31FN6O2/c1-18-15-19(6-7-21(18)25)22-16-20(5-3-14-33-2)31(28-22)17-23(32)29-10-12-30(13-11-29)24-26-8-4-9-27-24/h4,6-8,15-16H,3,5,9-14,17H2,1-2H3,(H,26,27). The molecular weight excluding hydrogens is 423 g/mol. The van der Waals surface area contributed by atoms with E-state index in [0.29, 0.717) is 31.8 Å². The van der Waals surface area contributed by atoms with Crippen molar-refractivity contribution < 1.29 is 13.9 Å². The van der Waals surface area contributed by atoms with Gasteiger partial charge in [-0.15, -0.1) is 0 Å². The van der Waals surface area contributed by atoms with E-state index >= 15 is 0 Å². The second-order valence-electron chi connectivity index (χ2n) is 8.32. The number of aromatic nitrogens is 2. The number of amides is 1.